The minimum Gasteiger partial charge on any atom is -0.353 e. The molecule has 3 aliphatic rings. The van der Waals surface area contributed by atoms with Crippen LogP contribution in [0.2, 0.25) is 0 Å². The minimum absolute atomic E-state index is 0.0569. The van der Waals surface area contributed by atoms with Crippen molar-refractivity contribution in [3.63, 3.8) is 0 Å². The third kappa shape index (κ3) is 4.25. The number of fused-ring (bicyclic) bond motifs is 1. The van der Waals surface area contributed by atoms with Gasteiger partial charge in [-0.05, 0) is 49.3 Å². The first kappa shape index (κ1) is 20.1. The van der Waals surface area contributed by atoms with Crippen molar-refractivity contribution in [2.24, 2.45) is 5.92 Å². The number of carbonyl (C=O) groups is 2. The van der Waals surface area contributed by atoms with E-state index in [1.807, 2.05) is 0 Å². The Hall–Kier alpha value is -2.15. The zero-order chi connectivity index (χ0) is 20.4. The number of sulfone groups is 1. The zero-order valence-electron chi connectivity index (χ0n) is 16.6. The Kier molecular flexibility index (Phi) is 5.76. The third-order valence-corrected chi connectivity index (χ3v) is 8.16. The summed E-state index contributed by atoms with van der Waals surface area (Å²) in [6.07, 6.45) is 9.40. The van der Waals surface area contributed by atoms with E-state index in [2.05, 4.69) is 5.32 Å². The fraction of sp³-hybridized carbons (Fsp3) is 0.545. The number of benzene rings is 1. The Balaban J connectivity index is 1.31. The molecule has 1 aliphatic carbocycles. The average molecular weight is 417 g/mol. The van der Waals surface area contributed by atoms with Gasteiger partial charge in [-0.25, -0.2) is 8.42 Å². The number of likely N-dealkylation sites (tertiary alicyclic amines) is 1. The highest BCUT2D eigenvalue weighted by atomic mass is 32.2. The molecule has 0 bridgehead atoms. The molecule has 1 saturated carbocycles. The summed E-state index contributed by atoms with van der Waals surface area (Å²) in [5, 5.41) is 3.12. The van der Waals surface area contributed by atoms with Crippen LogP contribution in [0.3, 0.4) is 0 Å². The molecule has 7 heteroatoms. The van der Waals surface area contributed by atoms with E-state index in [-0.39, 0.29) is 21.7 Å². The quantitative estimate of drug-likeness (QED) is 0.818. The Bertz CT molecular complexity index is 924. The molecule has 2 heterocycles. The van der Waals surface area contributed by atoms with Gasteiger partial charge >= 0.3 is 0 Å². The second-order valence-electron chi connectivity index (χ2n) is 8.39. The summed E-state index contributed by atoms with van der Waals surface area (Å²) in [6, 6.07) is 6.73. The summed E-state index contributed by atoms with van der Waals surface area (Å²) in [5.74, 6) is 0.179. The monoisotopic (exact) mass is 416 g/mol. The number of amides is 2. The molecule has 2 fully saturated rings. The molecular formula is C22H28N2O4S. The zero-order valence-corrected chi connectivity index (χ0v) is 17.4. The highest BCUT2D eigenvalue weighted by molar-refractivity contribution is 7.96. The summed E-state index contributed by atoms with van der Waals surface area (Å²) >= 11 is 0. The van der Waals surface area contributed by atoms with Crippen LogP contribution >= 0.6 is 0 Å². The molecule has 0 unspecified atom stereocenters. The second-order valence-corrected chi connectivity index (χ2v) is 10.3. The predicted molar refractivity (Wildman–Crippen MR) is 111 cm³/mol. The van der Waals surface area contributed by atoms with Crippen molar-refractivity contribution in [3.8, 4) is 0 Å². The molecule has 0 atom stereocenters. The molecule has 0 spiro atoms. The van der Waals surface area contributed by atoms with Crippen molar-refractivity contribution in [2.45, 2.75) is 62.3 Å². The molecule has 0 aromatic heterocycles. The van der Waals surface area contributed by atoms with E-state index in [4.69, 9.17) is 0 Å². The number of hydrogen-bond acceptors (Lipinski definition) is 4. The first-order valence-corrected chi connectivity index (χ1v) is 12.1. The second kappa shape index (κ2) is 8.30. The number of carbonyl (C=O) groups excluding carboxylic acids is 2. The van der Waals surface area contributed by atoms with Gasteiger partial charge in [-0.1, -0.05) is 37.5 Å². The topological polar surface area (TPSA) is 83.6 Å². The standard InChI is InChI=1S/C22H28N2O4S/c25-21(14-16-6-2-1-3-7-16)23-18-10-12-24(13-11-18)22(26)20-15-17-8-4-5-9-19(17)29(20,27)28/h4-5,8-9,15-16,18H,1-3,6-7,10-14H2,(H,23,25). The summed E-state index contributed by atoms with van der Waals surface area (Å²) in [4.78, 5) is 26.9. The smallest absolute Gasteiger partial charge is 0.265 e. The van der Waals surface area contributed by atoms with Gasteiger partial charge < -0.3 is 10.2 Å². The lowest BCUT2D eigenvalue weighted by Gasteiger charge is -2.33. The lowest BCUT2D eigenvalue weighted by molar-refractivity contribution is -0.127. The van der Waals surface area contributed by atoms with Crippen molar-refractivity contribution in [1.29, 1.82) is 0 Å². The number of hydrogen-bond donors (Lipinski definition) is 1. The third-order valence-electron chi connectivity index (χ3n) is 6.34. The van der Waals surface area contributed by atoms with Crippen LogP contribution in [0.1, 0.15) is 56.9 Å². The molecule has 6 nitrogen and oxygen atoms in total. The molecule has 29 heavy (non-hydrogen) atoms. The Morgan fingerprint density at radius 2 is 1.69 bits per heavy atom. The number of nitrogens with one attached hydrogen (secondary N) is 1. The maximum absolute atomic E-state index is 12.9. The van der Waals surface area contributed by atoms with Crippen LogP contribution in [-0.2, 0) is 19.4 Å². The number of piperidine rings is 1. The van der Waals surface area contributed by atoms with E-state index in [0.29, 0.717) is 43.8 Å². The Morgan fingerprint density at radius 1 is 1.00 bits per heavy atom. The van der Waals surface area contributed by atoms with Gasteiger partial charge in [0, 0.05) is 25.6 Å². The van der Waals surface area contributed by atoms with Crippen LogP contribution in [0.15, 0.2) is 34.1 Å². The maximum atomic E-state index is 12.9. The Morgan fingerprint density at radius 3 is 2.38 bits per heavy atom. The highest BCUT2D eigenvalue weighted by Gasteiger charge is 2.37. The molecule has 1 aromatic rings. The summed E-state index contributed by atoms with van der Waals surface area (Å²) < 4.78 is 25.4. The van der Waals surface area contributed by atoms with Crippen molar-refractivity contribution < 1.29 is 18.0 Å². The lowest BCUT2D eigenvalue weighted by atomic mass is 9.86. The van der Waals surface area contributed by atoms with E-state index in [0.717, 1.165) is 12.8 Å². The Labute approximate surface area is 172 Å². The van der Waals surface area contributed by atoms with Gasteiger partial charge in [-0.2, -0.15) is 0 Å². The predicted octanol–water partition coefficient (Wildman–Crippen LogP) is 2.89. The van der Waals surface area contributed by atoms with Gasteiger partial charge in [-0.3, -0.25) is 9.59 Å². The minimum atomic E-state index is -3.74. The fourth-order valence-corrected chi connectivity index (χ4v) is 6.25. The average Bonchev–Trinajstić information content (AvgIpc) is 3.00. The summed E-state index contributed by atoms with van der Waals surface area (Å²) in [5.41, 5.74) is 0.570. The van der Waals surface area contributed by atoms with Gasteiger partial charge in [-0.15, -0.1) is 0 Å². The fourth-order valence-electron chi connectivity index (χ4n) is 4.68. The van der Waals surface area contributed by atoms with Crippen LogP contribution in [0.25, 0.3) is 6.08 Å². The van der Waals surface area contributed by atoms with Crippen molar-refractivity contribution in [2.75, 3.05) is 13.1 Å². The first-order valence-electron chi connectivity index (χ1n) is 10.6. The van der Waals surface area contributed by atoms with E-state index >= 15 is 0 Å². The molecule has 0 radical (unpaired) electrons. The molecule has 1 saturated heterocycles. The van der Waals surface area contributed by atoms with Crippen molar-refractivity contribution >= 4 is 27.7 Å². The van der Waals surface area contributed by atoms with Crippen molar-refractivity contribution in [3.05, 3.63) is 34.7 Å². The van der Waals surface area contributed by atoms with Crippen LogP contribution in [0.5, 0.6) is 0 Å². The van der Waals surface area contributed by atoms with E-state index in [1.54, 1.807) is 23.1 Å². The van der Waals surface area contributed by atoms with E-state index in [9.17, 15) is 18.0 Å². The van der Waals surface area contributed by atoms with Crippen molar-refractivity contribution in [1.82, 2.24) is 10.2 Å². The van der Waals surface area contributed by atoms with Gasteiger partial charge in [0.25, 0.3) is 5.91 Å². The van der Waals surface area contributed by atoms with Gasteiger partial charge in [0.15, 0.2) is 0 Å². The van der Waals surface area contributed by atoms with E-state index < -0.39 is 15.7 Å². The molecule has 1 aromatic carbocycles. The number of rotatable bonds is 4. The largest absolute Gasteiger partial charge is 0.353 e. The highest BCUT2D eigenvalue weighted by Crippen LogP contribution is 2.34. The van der Waals surface area contributed by atoms with Gasteiger partial charge in [0.2, 0.25) is 15.7 Å². The maximum Gasteiger partial charge on any atom is 0.265 e. The molecule has 4 rings (SSSR count). The van der Waals surface area contributed by atoms with Crippen LogP contribution < -0.4 is 5.32 Å². The van der Waals surface area contributed by atoms with Crippen LogP contribution in [0.4, 0.5) is 0 Å². The molecule has 2 aliphatic heterocycles. The molecule has 156 valence electrons. The normalized spacial score (nSPS) is 22.1. The first-order chi connectivity index (χ1) is 13.9. The lowest BCUT2D eigenvalue weighted by Crippen LogP contribution is -2.47. The van der Waals surface area contributed by atoms with Crippen LogP contribution in [0, 0.1) is 5.92 Å². The number of nitrogens with zero attached hydrogens (tertiary/aromatic N) is 1. The van der Waals surface area contributed by atoms with E-state index in [1.165, 1.54) is 31.4 Å². The summed E-state index contributed by atoms with van der Waals surface area (Å²) in [6.45, 7) is 0.910. The molecule has 1 N–H and O–H groups in total. The van der Waals surface area contributed by atoms with Crippen LogP contribution in [-0.4, -0.2) is 44.3 Å². The van der Waals surface area contributed by atoms with Gasteiger partial charge in [0.1, 0.15) is 4.91 Å². The summed E-state index contributed by atoms with van der Waals surface area (Å²) in [7, 11) is -3.74. The molecule has 2 amide bonds. The van der Waals surface area contributed by atoms with Gasteiger partial charge in [0.05, 0.1) is 4.90 Å². The molecular weight excluding hydrogens is 388 g/mol. The SMILES string of the molecule is O=C(CC1CCCCC1)NC1CCN(C(=O)C2=Cc3ccccc3S2(=O)=O)CC1.